The Bertz CT molecular complexity index is 794. The molecule has 1 amide bonds. The second-order valence-corrected chi connectivity index (χ2v) is 9.26. The van der Waals surface area contributed by atoms with Gasteiger partial charge in [0.05, 0.1) is 0 Å². The van der Waals surface area contributed by atoms with Gasteiger partial charge in [-0.25, -0.2) is 0 Å². The number of furan rings is 1. The maximum absolute atomic E-state index is 13.0. The normalized spacial score (nSPS) is 29.2. The number of likely N-dealkylation sites (tertiary alicyclic amines) is 1. The van der Waals surface area contributed by atoms with E-state index in [4.69, 9.17) is 4.42 Å². The Balaban J connectivity index is 1.68. The molecule has 1 aromatic carbocycles. The highest BCUT2D eigenvalue weighted by atomic mass is 79.9. The van der Waals surface area contributed by atoms with Crippen LogP contribution in [0, 0.1) is 10.8 Å². The van der Waals surface area contributed by atoms with Crippen molar-refractivity contribution in [2.45, 2.75) is 46.1 Å². The van der Waals surface area contributed by atoms with Crippen molar-refractivity contribution < 1.29 is 9.21 Å². The maximum Gasteiger partial charge on any atom is 0.289 e. The summed E-state index contributed by atoms with van der Waals surface area (Å²) < 4.78 is 6.80. The lowest BCUT2D eigenvalue weighted by Crippen LogP contribution is -2.37. The molecule has 0 radical (unpaired) electrons. The average molecular weight is 376 g/mol. The van der Waals surface area contributed by atoms with Gasteiger partial charge in [-0.1, -0.05) is 42.8 Å². The van der Waals surface area contributed by atoms with Gasteiger partial charge in [-0.3, -0.25) is 4.79 Å². The molecule has 2 bridgehead atoms. The molecule has 2 atom stereocenters. The number of carbonyl (C=O) groups is 1. The maximum atomic E-state index is 13.0. The third-order valence-corrected chi connectivity index (χ3v) is 6.09. The smallest absolute Gasteiger partial charge is 0.289 e. The van der Waals surface area contributed by atoms with Crippen molar-refractivity contribution in [1.82, 2.24) is 4.90 Å². The van der Waals surface area contributed by atoms with Gasteiger partial charge in [-0.15, -0.1) is 0 Å². The molecule has 4 rings (SSSR count). The fourth-order valence-corrected chi connectivity index (χ4v) is 5.43. The molecule has 2 aliphatic rings. The van der Waals surface area contributed by atoms with Gasteiger partial charge in [0.1, 0.15) is 5.58 Å². The molecule has 4 heteroatoms. The van der Waals surface area contributed by atoms with Crippen LogP contribution in [0.1, 0.15) is 50.6 Å². The largest absolute Gasteiger partial charge is 0.451 e. The lowest BCUT2D eigenvalue weighted by molar-refractivity contribution is 0.0679. The first-order valence-corrected chi connectivity index (χ1v) is 9.05. The third-order valence-electron chi connectivity index (χ3n) is 5.39. The molecule has 1 aromatic heterocycles. The molecule has 2 aromatic rings. The van der Waals surface area contributed by atoms with Crippen LogP contribution in [0.5, 0.6) is 0 Å². The predicted molar refractivity (Wildman–Crippen MR) is 94.5 cm³/mol. The van der Waals surface area contributed by atoms with E-state index in [1.54, 1.807) is 0 Å². The minimum Gasteiger partial charge on any atom is -0.451 e. The Morgan fingerprint density at radius 2 is 2.09 bits per heavy atom. The van der Waals surface area contributed by atoms with E-state index in [9.17, 15) is 4.79 Å². The predicted octanol–water partition coefficient (Wildman–Crippen LogP) is 5.24. The summed E-state index contributed by atoms with van der Waals surface area (Å²) in [6.07, 6.45) is 3.39. The fourth-order valence-electron chi connectivity index (χ4n) is 4.97. The van der Waals surface area contributed by atoms with Crippen LogP contribution in [-0.2, 0) is 0 Å². The number of hydrogen-bond donors (Lipinski definition) is 0. The van der Waals surface area contributed by atoms with Crippen molar-refractivity contribution in [3.8, 4) is 0 Å². The quantitative estimate of drug-likeness (QED) is 0.682. The molecule has 122 valence electrons. The Morgan fingerprint density at radius 3 is 2.83 bits per heavy atom. The number of benzene rings is 1. The van der Waals surface area contributed by atoms with Crippen LogP contribution in [0.15, 0.2) is 33.2 Å². The SMILES string of the molecule is CC1(C)CC2CC(C)(CN2C(=O)c2cc3c(Br)cccc3o2)C1. The van der Waals surface area contributed by atoms with Gasteiger partial charge in [0.25, 0.3) is 5.91 Å². The number of carbonyl (C=O) groups excluding carboxylic acids is 1. The number of fused-ring (bicyclic) bond motifs is 3. The van der Waals surface area contributed by atoms with Crippen molar-refractivity contribution >= 4 is 32.8 Å². The molecule has 1 aliphatic carbocycles. The molecule has 3 nitrogen and oxygen atoms in total. The number of hydrogen-bond acceptors (Lipinski definition) is 2. The van der Waals surface area contributed by atoms with Gasteiger partial charge >= 0.3 is 0 Å². The average Bonchev–Trinajstić information content (AvgIpc) is 2.97. The molecule has 2 fully saturated rings. The van der Waals surface area contributed by atoms with E-state index in [1.807, 2.05) is 24.3 Å². The van der Waals surface area contributed by atoms with Crippen LogP contribution in [0.2, 0.25) is 0 Å². The highest BCUT2D eigenvalue weighted by molar-refractivity contribution is 9.10. The van der Waals surface area contributed by atoms with Gasteiger partial charge in [0.2, 0.25) is 0 Å². The monoisotopic (exact) mass is 375 g/mol. The van der Waals surface area contributed by atoms with Crippen molar-refractivity contribution in [2.24, 2.45) is 10.8 Å². The summed E-state index contributed by atoms with van der Waals surface area (Å²) >= 11 is 3.53. The van der Waals surface area contributed by atoms with Gasteiger partial charge in [0, 0.05) is 22.4 Å². The summed E-state index contributed by atoms with van der Waals surface area (Å²) in [5.74, 6) is 0.500. The molecular weight excluding hydrogens is 354 g/mol. The lowest BCUT2D eigenvalue weighted by atomic mass is 9.65. The molecule has 23 heavy (non-hydrogen) atoms. The first-order chi connectivity index (χ1) is 10.8. The van der Waals surface area contributed by atoms with Gasteiger partial charge in [0.15, 0.2) is 5.76 Å². The van der Waals surface area contributed by atoms with Crippen molar-refractivity contribution in [3.05, 3.63) is 34.5 Å². The van der Waals surface area contributed by atoms with E-state index in [1.165, 1.54) is 6.42 Å². The number of nitrogens with zero attached hydrogens (tertiary/aromatic N) is 1. The number of halogens is 1. The second kappa shape index (κ2) is 4.85. The van der Waals surface area contributed by atoms with E-state index in [-0.39, 0.29) is 11.3 Å². The molecular formula is C19H22BrNO2. The van der Waals surface area contributed by atoms with Crippen molar-refractivity contribution in [1.29, 1.82) is 0 Å². The Hall–Kier alpha value is -1.29. The minimum atomic E-state index is 0.0412. The zero-order chi connectivity index (χ0) is 16.4. The first-order valence-electron chi connectivity index (χ1n) is 8.26. The van der Waals surface area contributed by atoms with Crippen LogP contribution in [-0.4, -0.2) is 23.4 Å². The molecule has 1 saturated carbocycles. The third kappa shape index (κ3) is 2.51. The van der Waals surface area contributed by atoms with Crippen LogP contribution in [0.4, 0.5) is 0 Å². The van der Waals surface area contributed by atoms with E-state index >= 15 is 0 Å². The summed E-state index contributed by atoms with van der Waals surface area (Å²) in [5, 5.41) is 0.963. The Morgan fingerprint density at radius 1 is 1.30 bits per heavy atom. The van der Waals surface area contributed by atoms with Crippen LogP contribution in [0.3, 0.4) is 0 Å². The summed E-state index contributed by atoms with van der Waals surface area (Å²) in [5.41, 5.74) is 1.31. The van der Waals surface area contributed by atoms with Gasteiger partial charge < -0.3 is 9.32 Å². The van der Waals surface area contributed by atoms with Crippen molar-refractivity contribution in [3.63, 3.8) is 0 Å². The number of amides is 1. The highest BCUT2D eigenvalue weighted by Crippen LogP contribution is 2.52. The summed E-state index contributed by atoms with van der Waals surface area (Å²) in [6.45, 7) is 7.81. The summed E-state index contributed by atoms with van der Waals surface area (Å²) in [4.78, 5) is 15.1. The topological polar surface area (TPSA) is 33.5 Å². The van der Waals surface area contributed by atoms with Crippen molar-refractivity contribution in [2.75, 3.05) is 6.54 Å². The van der Waals surface area contributed by atoms with E-state index < -0.39 is 0 Å². The molecule has 2 unspecified atom stereocenters. The molecule has 0 spiro atoms. The lowest BCUT2D eigenvalue weighted by Gasteiger charge is -2.39. The Labute approximate surface area is 145 Å². The van der Waals surface area contributed by atoms with Gasteiger partial charge in [-0.05, 0) is 48.3 Å². The number of rotatable bonds is 1. The van der Waals surface area contributed by atoms with E-state index in [0.717, 1.165) is 34.8 Å². The van der Waals surface area contributed by atoms with Crippen LogP contribution < -0.4 is 0 Å². The van der Waals surface area contributed by atoms with Crippen LogP contribution >= 0.6 is 15.9 Å². The summed E-state index contributed by atoms with van der Waals surface area (Å²) in [6, 6.07) is 8.02. The van der Waals surface area contributed by atoms with E-state index in [0.29, 0.717) is 17.2 Å². The second-order valence-electron chi connectivity index (χ2n) is 8.41. The zero-order valence-electron chi connectivity index (χ0n) is 13.9. The summed E-state index contributed by atoms with van der Waals surface area (Å²) in [7, 11) is 0. The Kier molecular flexibility index (Phi) is 3.22. The minimum absolute atomic E-state index is 0.0412. The first kappa shape index (κ1) is 15.3. The van der Waals surface area contributed by atoms with Gasteiger partial charge in [-0.2, -0.15) is 0 Å². The van der Waals surface area contributed by atoms with E-state index in [2.05, 4.69) is 41.6 Å². The molecule has 1 saturated heterocycles. The highest BCUT2D eigenvalue weighted by Gasteiger charge is 2.51. The molecule has 0 N–H and O–H groups in total. The fraction of sp³-hybridized carbons (Fsp3) is 0.526. The zero-order valence-corrected chi connectivity index (χ0v) is 15.4. The standard InChI is InChI=1S/C19H22BrNO2/c1-18(2)8-12-9-19(3,10-18)11-21(12)17(22)16-7-13-14(20)5-4-6-15(13)23-16/h4-7,12H,8-11H2,1-3H3. The van der Waals surface area contributed by atoms with Crippen LogP contribution in [0.25, 0.3) is 11.0 Å². The molecule has 2 heterocycles. The molecule has 1 aliphatic heterocycles.